The number of cyclic esters (lactones) is 2. The second kappa shape index (κ2) is 8.84. The summed E-state index contributed by atoms with van der Waals surface area (Å²) in [7, 11) is 0. The average Bonchev–Trinajstić information content (AvgIpc) is 2.34. The van der Waals surface area contributed by atoms with Gasteiger partial charge in [0.2, 0.25) is 0 Å². The molecule has 0 atom stereocenters. The fraction of sp³-hybridized carbons (Fsp3) is 0.833. The van der Waals surface area contributed by atoms with E-state index in [-0.39, 0.29) is 11.9 Å². The van der Waals surface area contributed by atoms with E-state index < -0.39 is 0 Å². The molecule has 17 heavy (non-hydrogen) atoms. The molecule has 0 radical (unpaired) electrons. The van der Waals surface area contributed by atoms with Gasteiger partial charge in [-0.3, -0.25) is 9.37 Å². The average molecular weight is 244 g/mol. The number of hydrogen-bond donors (Lipinski definition) is 0. The van der Waals surface area contributed by atoms with Crippen LogP contribution < -0.4 is 5.26 Å². The number of carbonyl (C=O) groups is 1. The van der Waals surface area contributed by atoms with Crippen LogP contribution in [0.25, 0.3) is 0 Å². The van der Waals surface area contributed by atoms with Crippen LogP contribution in [0.3, 0.4) is 0 Å². The maximum atomic E-state index is 11.3. The van der Waals surface area contributed by atoms with E-state index in [0.717, 1.165) is 25.7 Å². The molecule has 0 unspecified atom stereocenters. The van der Waals surface area contributed by atoms with Gasteiger partial charge in [-0.05, 0) is 32.1 Å². The Hall–Kier alpha value is -1.26. The van der Waals surface area contributed by atoms with Crippen molar-refractivity contribution in [2.24, 2.45) is 0 Å². The van der Waals surface area contributed by atoms with Crippen molar-refractivity contribution in [3.63, 3.8) is 0 Å². The van der Waals surface area contributed by atoms with Crippen molar-refractivity contribution in [1.29, 1.82) is 0 Å². The molecule has 0 aliphatic carbocycles. The topological polar surface area (TPSA) is 69.9 Å². The molecule has 1 saturated heterocycles. The highest BCUT2D eigenvalue weighted by molar-refractivity contribution is 5.70. The van der Waals surface area contributed by atoms with E-state index in [2.05, 4.69) is 4.58 Å². The minimum atomic E-state index is -0.160. The summed E-state index contributed by atoms with van der Waals surface area (Å²) >= 11 is 0. The molecular weight excluding hydrogens is 224 g/mol. The lowest BCUT2D eigenvalue weighted by atomic mass is 10.2. The molecule has 0 aromatic heterocycles. The molecule has 1 heterocycles. The summed E-state index contributed by atoms with van der Waals surface area (Å²) in [6, 6.07) is 0. The minimum absolute atomic E-state index is 0.135. The number of ether oxygens (including phenoxy) is 2. The predicted octanol–water partition coefficient (Wildman–Crippen LogP) is 1.02. The molecule has 1 aliphatic rings. The second-order valence-electron chi connectivity index (χ2n) is 4.15. The van der Waals surface area contributed by atoms with E-state index in [4.69, 9.17) is 9.47 Å². The normalized spacial score (nSPS) is 23.5. The first-order chi connectivity index (χ1) is 8.33. The molecule has 98 valence electrons. The zero-order valence-corrected chi connectivity index (χ0v) is 10.1. The van der Waals surface area contributed by atoms with Crippen LogP contribution >= 0.6 is 0 Å². The minimum Gasteiger partial charge on any atom is -0.588 e. The number of rotatable bonds is 0. The molecule has 0 saturated carbocycles. The Labute approximate surface area is 101 Å². The van der Waals surface area contributed by atoms with Gasteiger partial charge in [-0.25, -0.2) is 0 Å². The Kier molecular flexibility index (Phi) is 7.18. The smallest absolute Gasteiger partial charge is 0.497 e. The highest BCUT2D eigenvalue weighted by Gasteiger charge is 2.14. The molecule has 0 aromatic carbocycles. The van der Waals surface area contributed by atoms with Crippen molar-refractivity contribution < 1.29 is 24.1 Å². The van der Waals surface area contributed by atoms with Gasteiger partial charge < -0.3 is 14.7 Å². The first-order valence-corrected chi connectivity index (χ1v) is 6.27. The third kappa shape index (κ3) is 6.81. The summed E-state index contributed by atoms with van der Waals surface area (Å²) in [4.78, 5) is 11.3. The Bertz CT molecular complexity index is 249. The SMILES string of the molecule is O=C1CCCCC(=[O+][O-])OCCCCCCO1. The van der Waals surface area contributed by atoms with E-state index in [1.54, 1.807) is 0 Å². The molecule has 5 nitrogen and oxygen atoms in total. The summed E-state index contributed by atoms with van der Waals surface area (Å²) in [5.41, 5.74) is 0. The molecule has 5 heteroatoms. The molecule has 1 aliphatic heterocycles. The largest absolute Gasteiger partial charge is 0.588 e. The predicted molar refractivity (Wildman–Crippen MR) is 58.9 cm³/mol. The van der Waals surface area contributed by atoms with Crippen LogP contribution in [0.2, 0.25) is 0 Å². The lowest BCUT2D eigenvalue weighted by Crippen LogP contribution is -2.15. The van der Waals surface area contributed by atoms with Crippen LogP contribution in [0.15, 0.2) is 0 Å². The van der Waals surface area contributed by atoms with Crippen LogP contribution in [-0.4, -0.2) is 25.2 Å². The Morgan fingerprint density at radius 3 is 2.24 bits per heavy atom. The van der Waals surface area contributed by atoms with Crippen molar-refractivity contribution in [3.8, 4) is 0 Å². The fourth-order valence-corrected chi connectivity index (χ4v) is 1.68. The lowest BCUT2D eigenvalue weighted by Gasteiger charge is -2.05. The van der Waals surface area contributed by atoms with Gasteiger partial charge >= 0.3 is 11.9 Å². The van der Waals surface area contributed by atoms with Crippen LogP contribution in [0.5, 0.6) is 0 Å². The van der Waals surface area contributed by atoms with Gasteiger partial charge in [0.15, 0.2) is 6.61 Å². The molecule has 0 amide bonds. The number of carbonyl (C=O) groups excluding carboxylic acids is 2. The molecule has 0 N–H and O–H groups in total. The number of hydrogen-bond acceptors (Lipinski definition) is 4. The third-order valence-electron chi connectivity index (χ3n) is 2.67. The van der Waals surface area contributed by atoms with E-state index in [1.807, 2.05) is 0 Å². The van der Waals surface area contributed by atoms with Crippen LogP contribution in [0, 0.1) is 0 Å². The van der Waals surface area contributed by atoms with Gasteiger partial charge in [-0.1, -0.05) is 0 Å². The molecule has 0 bridgehead atoms. The van der Waals surface area contributed by atoms with E-state index in [9.17, 15) is 10.1 Å². The van der Waals surface area contributed by atoms with Gasteiger partial charge in [-0.15, -0.1) is 0 Å². The highest BCUT2D eigenvalue weighted by Crippen LogP contribution is 2.07. The zero-order chi connectivity index (χ0) is 12.3. The zero-order valence-electron chi connectivity index (χ0n) is 10.1. The molecule has 0 spiro atoms. The van der Waals surface area contributed by atoms with Crippen LogP contribution in [0.1, 0.15) is 51.4 Å². The molecule has 1 rings (SSSR count). The first-order valence-electron chi connectivity index (χ1n) is 6.27. The van der Waals surface area contributed by atoms with Gasteiger partial charge in [0, 0.05) is 12.8 Å². The van der Waals surface area contributed by atoms with E-state index in [1.165, 1.54) is 0 Å². The Morgan fingerprint density at radius 2 is 1.53 bits per heavy atom. The van der Waals surface area contributed by atoms with Gasteiger partial charge in [0.05, 0.1) is 6.61 Å². The number of esters is 2. The summed E-state index contributed by atoms with van der Waals surface area (Å²) in [5, 5.41) is 10.3. The van der Waals surface area contributed by atoms with Crippen molar-refractivity contribution in [2.45, 2.75) is 51.4 Å². The maximum Gasteiger partial charge on any atom is 0.497 e. The maximum absolute atomic E-state index is 11.3. The molecule has 0 aromatic rings. The fourth-order valence-electron chi connectivity index (χ4n) is 1.68. The third-order valence-corrected chi connectivity index (χ3v) is 2.67. The Morgan fingerprint density at radius 1 is 0.882 bits per heavy atom. The van der Waals surface area contributed by atoms with Crippen LogP contribution in [0.4, 0.5) is 0 Å². The summed E-state index contributed by atoms with van der Waals surface area (Å²) < 4.78 is 14.2. The quantitative estimate of drug-likeness (QED) is 0.276. The van der Waals surface area contributed by atoms with Crippen molar-refractivity contribution in [3.05, 3.63) is 0 Å². The highest BCUT2D eigenvalue weighted by atomic mass is 17.1. The van der Waals surface area contributed by atoms with Gasteiger partial charge in [-0.2, -0.15) is 0 Å². The van der Waals surface area contributed by atoms with E-state index in [0.29, 0.717) is 38.9 Å². The van der Waals surface area contributed by atoms with Gasteiger partial charge in [0.25, 0.3) is 0 Å². The summed E-state index contributed by atoms with van der Waals surface area (Å²) in [5.74, 6) is -0.0250. The van der Waals surface area contributed by atoms with Crippen molar-refractivity contribution >= 4 is 11.9 Å². The van der Waals surface area contributed by atoms with Crippen molar-refractivity contribution in [2.75, 3.05) is 13.2 Å². The summed E-state index contributed by atoms with van der Waals surface area (Å²) in [6.45, 7) is 1.04. The monoisotopic (exact) mass is 244 g/mol. The van der Waals surface area contributed by atoms with Crippen LogP contribution in [-0.2, 0) is 18.8 Å². The second-order valence-corrected chi connectivity index (χ2v) is 4.15. The molecular formula is C12H20O5. The van der Waals surface area contributed by atoms with Crippen molar-refractivity contribution in [1.82, 2.24) is 0 Å². The molecule has 1 fully saturated rings. The summed E-state index contributed by atoms with van der Waals surface area (Å²) in [6.07, 6.45) is 6.03. The standard InChI is InChI=1S/C12H20O5/c13-11-7-3-4-8-12(17-14)16-10-6-2-1-5-9-15-11/h1-10H2. The first kappa shape index (κ1) is 13.8. The van der Waals surface area contributed by atoms with Gasteiger partial charge in [0.1, 0.15) is 6.42 Å². The Balaban J connectivity index is 2.32. The van der Waals surface area contributed by atoms with E-state index >= 15 is 0 Å². The lowest BCUT2D eigenvalue weighted by molar-refractivity contribution is -1.05.